The molecule has 3 fully saturated rings. The van der Waals surface area contributed by atoms with E-state index < -0.39 is 58.5 Å². The molecule has 13 heteroatoms. The molecule has 2 aliphatic carbocycles. The number of benzene rings is 4. The lowest BCUT2D eigenvalue weighted by molar-refractivity contribution is -0.131. The number of hydrogen-bond donors (Lipinski definition) is 1. The Morgan fingerprint density at radius 1 is 0.944 bits per heavy atom. The van der Waals surface area contributed by atoms with Gasteiger partial charge in [0.25, 0.3) is 0 Å². The maximum absolute atomic E-state index is 14.7. The number of hydrogen-bond acceptors (Lipinski definition) is 8. The van der Waals surface area contributed by atoms with Gasteiger partial charge in [0.15, 0.2) is 17.1 Å². The molecule has 10 nitrogen and oxygen atoms in total. The molecule has 4 aromatic carbocycles. The van der Waals surface area contributed by atoms with Crippen molar-refractivity contribution >= 4 is 73.6 Å². The van der Waals surface area contributed by atoms with Crippen LogP contribution in [0.15, 0.2) is 99.4 Å². The van der Waals surface area contributed by atoms with Gasteiger partial charge in [-0.15, -0.1) is 0 Å². The van der Waals surface area contributed by atoms with Crippen LogP contribution in [0.25, 0.3) is 22.6 Å². The smallest absolute Gasteiger partial charge is 0.241 e. The van der Waals surface area contributed by atoms with Gasteiger partial charge in [-0.25, -0.2) is 14.3 Å². The molecule has 4 aliphatic rings. The van der Waals surface area contributed by atoms with Gasteiger partial charge in [0.1, 0.15) is 11.3 Å². The summed E-state index contributed by atoms with van der Waals surface area (Å²) in [4.78, 5) is 64.7. The number of para-hydroxylation sites is 2. The fourth-order valence-electron chi connectivity index (χ4n) is 9.20. The van der Waals surface area contributed by atoms with Gasteiger partial charge in [-0.05, 0) is 92.4 Å². The number of carbonyl (C=O) groups excluding carboxylic acids is 4. The van der Waals surface area contributed by atoms with E-state index >= 15 is 0 Å². The quantitative estimate of drug-likeness (QED) is 0.139. The standard InChI is InChI=1S/C41H30BrClFN3O7/c1-41-27(38(50)47(40(41)52)22-11-14-29(44)28(43)17-22)18-25-23(34(41)26-15-20(42)16-32(53-2)35(26)48)12-13-24-33(25)39(51)46(37(24)49)21-9-7-19(8-10-21)36-45-30-5-3-4-6-31(30)54-36/h3-12,14-17,24-25,27,33-34,48H,13,18H2,1-2H3/t24-,25+,27-,33-,34+,41+/m0/s1. The van der Waals surface area contributed by atoms with Crippen LogP contribution in [0.1, 0.15) is 31.2 Å². The van der Waals surface area contributed by atoms with E-state index in [0.29, 0.717) is 43.9 Å². The maximum atomic E-state index is 14.7. The SMILES string of the molecule is COc1cc(Br)cc([C@H]2C3=CC[C@@H]4C(=O)N(c5ccc(-c6nc7ccccc7o6)cc5)C(=O)[C@@H]4[C@@H]3C[C@H]3C(=O)N(c4ccc(F)c(Cl)c4)C(=O)[C@@]23C)c1O. The average molecular weight is 811 g/mol. The third-order valence-corrected chi connectivity index (χ3v) is 12.4. The Labute approximate surface area is 321 Å². The maximum Gasteiger partial charge on any atom is 0.241 e. The lowest BCUT2D eigenvalue weighted by atomic mass is 9.51. The van der Waals surface area contributed by atoms with Gasteiger partial charge >= 0.3 is 0 Å². The second-order valence-corrected chi connectivity index (χ2v) is 15.7. The molecule has 272 valence electrons. The highest BCUT2D eigenvalue weighted by Gasteiger charge is 2.68. The number of fused-ring (bicyclic) bond motifs is 5. The molecule has 0 bridgehead atoms. The second kappa shape index (κ2) is 12.4. The molecule has 9 rings (SSSR count). The van der Waals surface area contributed by atoms with E-state index in [-0.39, 0.29) is 41.0 Å². The van der Waals surface area contributed by atoms with Crippen molar-refractivity contribution in [2.75, 3.05) is 16.9 Å². The van der Waals surface area contributed by atoms with Crippen LogP contribution in [0.5, 0.6) is 11.5 Å². The minimum absolute atomic E-state index is 0.0887. The summed E-state index contributed by atoms with van der Waals surface area (Å²) in [5, 5.41) is 11.4. The molecular weight excluding hydrogens is 781 g/mol. The van der Waals surface area contributed by atoms with E-state index in [0.717, 1.165) is 11.0 Å². The number of oxazole rings is 1. The molecule has 1 N–H and O–H groups in total. The van der Waals surface area contributed by atoms with Crippen LogP contribution >= 0.6 is 27.5 Å². The average Bonchev–Trinajstić information content (AvgIpc) is 3.77. The van der Waals surface area contributed by atoms with Gasteiger partial charge < -0.3 is 14.3 Å². The summed E-state index contributed by atoms with van der Waals surface area (Å²) in [5.74, 6) is -6.30. The first-order chi connectivity index (χ1) is 25.9. The second-order valence-electron chi connectivity index (χ2n) is 14.4. The molecule has 6 atom stereocenters. The number of phenols is 1. The zero-order valence-electron chi connectivity index (χ0n) is 28.8. The summed E-state index contributed by atoms with van der Waals surface area (Å²) < 4.78 is 26.2. The zero-order chi connectivity index (χ0) is 37.8. The number of methoxy groups -OCH3 is 1. The van der Waals surface area contributed by atoms with Crippen molar-refractivity contribution in [3.63, 3.8) is 0 Å². The fourth-order valence-corrected chi connectivity index (χ4v) is 9.83. The molecule has 0 unspecified atom stereocenters. The van der Waals surface area contributed by atoms with Gasteiger partial charge in [0, 0.05) is 21.5 Å². The van der Waals surface area contributed by atoms with E-state index in [1.807, 2.05) is 30.3 Å². The van der Waals surface area contributed by atoms with E-state index in [2.05, 4.69) is 20.9 Å². The van der Waals surface area contributed by atoms with Crippen molar-refractivity contribution in [2.45, 2.75) is 25.7 Å². The summed E-state index contributed by atoms with van der Waals surface area (Å²) in [7, 11) is 1.41. The van der Waals surface area contributed by atoms with Crippen LogP contribution in [0.3, 0.4) is 0 Å². The van der Waals surface area contributed by atoms with Gasteiger partial charge in [0.05, 0.1) is 46.7 Å². The number of nitrogens with zero attached hydrogens (tertiary/aromatic N) is 3. The first-order valence-corrected chi connectivity index (χ1v) is 18.5. The number of rotatable bonds is 5. The molecule has 54 heavy (non-hydrogen) atoms. The lowest BCUT2D eigenvalue weighted by Crippen LogP contribution is -2.49. The molecule has 4 amide bonds. The molecule has 0 radical (unpaired) electrons. The first kappa shape index (κ1) is 34.4. The molecule has 2 aliphatic heterocycles. The highest BCUT2D eigenvalue weighted by molar-refractivity contribution is 9.10. The lowest BCUT2D eigenvalue weighted by Gasteiger charge is -2.49. The Bertz CT molecular complexity index is 2470. The number of aromatic hydroxyl groups is 1. The van der Waals surface area contributed by atoms with Crippen molar-refractivity contribution < 1.29 is 37.8 Å². The molecule has 0 spiro atoms. The number of phenolic OH excluding ortho intramolecular Hbond substituents is 1. The Balaban J connectivity index is 1.12. The van der Waals surface area contributed by atoms with E-state index in [9.17, 15) is 28.7 Å². The van der Waals surface area contributed by atoms with Crippen LogP contribution in [0, 0.1) is 34.9 Å². The van der Waals surface area contributed by atoms with Crippen molar-refractivity contribution in [1.29, 1.82) is 0 Å². The normalized spacial score (nSPS) is 26.2. The van der Waals surface area contributed by atoms with Crippen molar-refractivity contribution in [3.05, 3.63) is 111 Å². The summed E-state index contributed by atoms with van der Waals surface area (Å²) in [6.07, 6.45) is 2.19. The molecule has 5 aromatic rings. The van der Waals surface area contributed by atoms with E-state index in [1.165, 1.54) is 24.1 Å². The van der Waals surface area contributed by atoms with E-state index in [4.69, 9.17) is 20.8 Å². The molecule has 1 aromatic heterocycles. The largest absolute Gasteiger partial charge is 0.504 e. The number of aromatic nitrogens is 1. The van der Waals surface area contributed by atoms with Crippen LogP contribution in [0.2, 0.25) is 5.02 Å². The number of imide groups is 2. The number of carbonyl (C=O) groups is 4. The highest BCUT2D eigenvalue weighted by atomic mass is 79.9. The van der Waals surface area contributed by atoms with Crippen LogP contribution in [0.4, 0.5) is 15.8 Å². The highest BCUT2D eigenvalue weighted by Crippen LogP contribution is 2.65. The van der Waals surface area contributed by atoms with Gasteiger partial charge in [-0.1, -0.05) is 51.3 Å². The van der Waals surface area contributed by atoms with Crippen molar-refractivity contribution in [2.24, 2.45) is 29.1 Å². The predicted molar refractivity (Wildman–Crippen MR) is 200 cm³/mol. The van der Waals surface area contributed by atoms with Gasteiger partial charge in [-0.3, -0.25) is 24.1 Å². The number of amides is 4. The van der Waals surface area contributed by atoms with Gasteiger partial charge in [-0.2, -0.15) is 0 Å². The van der Waals surface area contributed by atoms with Crippen LogP contribution in [-0.4, -0.2) is 40.8 Å². The molecule has 1 saturated carbocycles. The van der Waals surface area contributed by atoms with E-state index in [1.54, 1.807) is 43.3 Å². The predicted octanol–water partition coefficient (Wildman–Crippen LogP) is 8.20. The Morgan fingerprint density at radius 3 is 2.41 bits per heavy atom. The van der Waals surface area contributed by atoms with Crippen LogP contribution < -0.4 is 14.5 Å². The summed E-state index contributed by atoms with van der Waals surface area (Å²) in [6, 6.07) is 21.2. The topological polar surface area (TPSA) is 130 Å². The summed E-state index contributed by atoms with van der Waals surface area (Å²) in [6.45, 7) is 1.69. The van der Waals surface area contributed by atoms with Crippen molar-refractivity contribution in [3.8, 4) is 23.0 Å². The third-order valence-electron chi connectivity index (χ3n) is 11.7. The zero-order valence-corrected chi connectivity index (χ0v) is 31.1. The summed E-state index contributed by atoms with van der Waals surface area (Å²) in [5.41, 5.74) is 2.06. The number of anilines is 2. The third kappa shape index (κ3) is 4.85. The summed E-state index contributed by atoms with van der Waals surface area (Å²) >= 11 is 9.62. The van der Waals surface area contributed by atoms with Crippen molar-refractivity contribution in [1.82, 2.24) is 4.98 Å². The fraction of sp³-hybridized carbons (Fsp3) is 0.244. The molecule has 3 heterocycles. The van der Waals surface area contributed by atoms with Crippen LogP contribution in [-0.2, 0) is 19.2 Å². The Morgan fingerprint density at radius 2 is 1.69 bits per heavy atom. The molecule has 2 saturated heterocycles. The van der Waals surface area contributed by atoms with Gasteiger partial charge in [0.2, 0.25) is 29.5 Å². The monoisotopic (exact) mass is 809 g/mol. The minimum atomic E-state index is -1.46. The number of ether oxygens (including phenoxy) is 1. The molecular formula is C41H30BrClFN3O7. The Kier molecular flexibility index (Phi) is 7.88. The number of halogens is 3. The number of allylic oxidation sites excluding steroid dienone is 2. The Hall–Kier alpha value is -5.33. The minimum Gasteiger partial charge on any atom is -0.504 e. The first-order valence-electron chi connectivity index (χ1n) is 17.4.